The SMILES string of the molecule is CC(C)(C)OC(=O)N1CC[C@H](Oc2ccc(C(=O)N3CCN(C(=O)c4cc(F)cc(OC5CCN(C(=O)O)C5)c4)CC3)cc2-c2ccc(F)cc2)C1. The molecule has 0 radical (unpaired) electrons. The van der Waals surface area contributed by atoms with Gasteiger partial charge in [-0.2, -0.15) is 0 Å². The summed E-state index contributed by atoms with van der Waals surface area (Å²) in [5, 5.41) is 9.20. The first-order valence-electron chi connectivity index (χ1n) is 17.3. The number of likely N-dealkylation sites (tertiary alicyclic amines) is 2. The number of hydrogen-bond donors (Lipinski definition) is 1. The highest BCUT2D eigenvalue weighted by atomic mass is 19.1. The number of carbonyl (C=O) groups excluding carboxylic acids is 3. The van der Waals surface area contributed by atoms with Crippen molar-refractivity contribution in [2.24, 2.45) is 0 Å². The van der Waals surface area contributed by atoms with E-state index in [0.29, 0.717) is 54.9 Å². The molecule has 0 bridgehead atoms. The van der Waals surface area contributed by atoms with Crippen LogP contribution in [-0.2, 0) is 4.74 Å². The van der Waals surface area contributed by atoms with Crippen molar-refractivity contribution in [3.05, 3.63) is 83.4 Å². The first-order chi connectivity index (χ1) is 24.7. The third-order valence-electron chi connectivity index (χ3n) is 9.16. The molecule has 3 saturated heterocycles. The van der Waals surface area contributed by atoms with E-state index in [2.05, 4.69) is 0 Å². The van der Waals surface area contributed by atoms with E-state index in [1.165, 1.54) is 29.2 Å². The van der Waals surface area contributed by atoms with Gasteiger partial charge in [0.2, 0.25) is 0 Å². The first kappa shape index (κ1) is 36.4. The van der Waals surface area contributed by atoms with Crippen LogP contribution in [0.5, 0.6) is 11.5 Å². The number of nitrogens with zero attached hydrogens (tertiary/aromatic N) is 4. The number of hydrogen-bond acceptors (Lipinski definition) is 7. The summed E-state index contributed by atoms with van der Waals surface area (Å²) in [5.74, 6) is -1.09. The Labute approximate surface area is 300 Å². The van der Waals surface area contributed by atoms with Crippen LogP contribution in [0.4, 0.5) is 18.4 Å². The van der Waals surface area contributed by atoms with E-state index in [-0.39, 0.29) is 56.0 Å². The number of halogens is 2. The molecule has 2 atom stereocenters. The van der Waals surface area contributed by atoms with Crippen LogP contribution in [0.3, 0.4) is 0 Å². The van der Waals surface area contributed by atoms with Crippen molar-refractivity contribution in [3.8, 4) is 22.6 Å². The molecule has 0 aromatic heterocycles. The quantitative estimate of drug-likeness (QED) is 0.327. The Kier molecular flexibility index (Phi) is 10.5. The minimum Gasteiger partial charge on any atom is -0.488 e. The maximum atomic E-state index is 14.6. The zero-order valence-corrected chi connectivity index (χ0v) is 29.3. The second-order valence-electron chi connectivity index (χ2n) is 14.2. The van der Waals surface area contributed by atoms with Gasteiger partial charge in [-0.15, -0.1) is 0 Å². The third kappa shape index (κ3) is 8.72. The van der Waals surface area contributed by atoms with Gasteiger partial charge in [-0.1, -0.05) is 12.1 Å². The van der Waals surface area contributed by atoms with Gasteiger partial charge in [0, 0.05) is 74.9 Å². The maximum Gasteiger partial charge on any atom is 0.410 e. The van der Waals surface area contributed by atoms with E-state index < -0.39 is 41.4 Å². The summed E-state index contributed by atoms with van der Waals surface area (Å²) in [6, 6.07) is 14.7. The van der Waals surface area contributed by atoms with E-state index in [0.717, 1.165) is 6.07 Å². The van der Waals surface area contributed by atoms with Gasteiger partial charge in [-0.3, -0.25) is 9.59 Å². The molecule has 6 rings (SSSR count). The van der Waals surface area contributed by atoms with Gasteiger partial charge in [0.05, 0.1) is 13.1 Å². The molecule has 14 heteroatoms. The summed E-state index contributed by atoms with van der Waals surface area (Å²) < 4.78 is 46.1. The topological polar surface area (TPSA) is 129 Å². The Bertz CT molecular complexity index is 1820. The van der Waals surface area contributed by atoms with Gasteiger partial charge in [-0.05, 0) is 68.8 Å². The first-order valence-corrected chi connectivity index (χ1v) is 17.3. The fourth-order valence-corrected chi connectivity index (χ4v) is 6.54. The minimum atomic E-state index is -1.05. The number of carboxylic acid groups (broad SMARTS) is 1. The maximum absolute atomic E-state index is 14.6. The Morgan fingerprint density at radius 2 is 1.27 bits per heavy atom. The molecule has 3 aliphatic rings. The second-order valence-corrected chi connectivity index (χ2v) is 14.2. The highest BCUT2D eigenvalue weighted by Gasteiger charge is 2.33. The van der Waals surface area contributed by atoms with E-state index in [1.807, 2.05) is 20.8 Å². The van der Waals surface area contributed by atoms with Crippen molar-refractivity contribution in [2.45, 2.75) is 51.4 Å². The van der Waals surface area contributed by atoms with Gasteiger partial charge in [0.25, 0.3) is 11.8 Å². The van der Waals surface area contributed by atoms with Crippen molar-refractivity contribution < 1.29 is 47.3 Å². The molecule has 52 heavy (non-hydrogen) atoms. The summed E-state index contributed by atoms with van der Waals surface area (Å²) in [6.45, 7) is 7.61. The summed E-state index contributed by atoms with van der Waals surface area (Å²) in [7, 11) is 0. The van der Waals surface area contributed by atoms with Gasteiger partial charge in [-0.25, -0.2) is 18.4 Å². The number of ether oxygens (including phenoxy) is 3. The van der Waals surface area contributed by atoms with E-state index in [9.17, 15) is 33.1 Å². The number of carbonyl (C=O) groups is 4. The van der Waals surface area contributed by atoms with Crippen LogP contribution in [0.2, 0.25) is 0 Å². The molecule has 276 valence electrons. The van der Waals surface area contributed by atoms with Gasteiger partial charge < -0.3 is 38.9 Å². The molecular formula is C38H42F2N4O8. The van der Waals surface area contributed by atoms with Crippen molar-refractivity contribution in [3.63, 3.8) is 0 Å². The lowest BCUT2D eigenvalue weighted by Crippen LogP contribution is -2.50. The second kappa shape index (κ2) is 15.1. The number of piperazine rings is 1. The molecule has 3 heterocycles. The largest absolute Gasteiger partial charge is 0.488 e. The van der Waals surface area contributed by atoms with Crippen LogP contribution in [0.1, 0.15) is 54.3 Å². The van der Waals surface area contributed by atoms with Crippen molar-refractivity contribution in [1.29, 1.82) is 0 Å². The van der Waals surface area contributed by atoms with Crippen LogP contribution in [0.15, 0.2) is 60.7 Å². The van der Waals surface area contributed by atoms with Crippen LogP contribution in [0.25, 0.3) is 11.1 Å². The highest BCUT2D eigenvalue weighted by Crippen LogP contribution is 2.34. The zero-order chi connectivity index (χ0) is 37.2. The van der Waals surface area contributed by atoms with E-state index in [4.69, 9.17) is 14.2 Å². The van der Waals surface area contributed by atoms with Crippen LogP contribution in [0, 0.1) is 11.6 Å². The Hall–Kier alpha value is -5.40. The molecule has 3 aromatic rings. The molecule has 1 unspecified atom stereocenters. The third-order valence-corrected chi connectivity index (χ3v) is 9.16. The van der Waals surface area contributed by atoms with E-state index >= 15 is 0 Å². The lowest BCUT2D eigenvalue weighted by atomic mass is 10.0. The summed E-state index contributed by atoms with van der Waals surface area (Å²) in [4.78, 5) is 57.0. The molecule has 12 nitrogen and oxygen atoms in total. The molecule has 3 fully saturated rings. The highest BCUT2D eigenvalue weighted by molar-refractivity contribution is 5.97. The lowest BCUT2D eigenvalue weighted by molar-refractivity contribution is 0.0275. The molecule has 4 amide bonds. The van der Waals surface area contributed by atoms with Crippen molar-refractivity contribution >= 4 is 24.0 Å². The Morgan fingerprint density at radius 1 is 0.673 bits per heavy atom. The van der Waals surface area contributed by atoms with Crippen LogP contribution >= 0.6 is 0 Å². The zero-order valence-electron chi connectivity index (χ0n) is 29.3. The van der Waals surface area contributed by atoms with Crippen LogP contribution < -0.4 is 9.47 Å². The average Bonchev–Trinajstić information content (AvgIpc) is 3.78. The number of rotatable bonds is 7. The average molecular weight is 721 g/mol. The molecule has 0 aliphatic carbocycles. The molecule has 1 N–H and O–H groups in total. The van der Waals surface area contributed by atoms with Crippen molar-refractivity contribution in [2.75, 3.05) is 52.4 Å². The fraction of sp³-hybridized carbons (Fsp3) is 0.421. The summed E-state index contributed by atoms with van der Waals surface area (Å²) in [6.07, 6.45) is -1.18. The van der Waals surface area contributed by atoms with Gasteiger partial charge in [0.1, 0.15) is 40.9 Å². The molecule has 3 aliphatic heterocycles. The minimum absolute atomic E-state index is 0.0962. The molecular weight excluding hydrogens is 678 g/mol. The van der Waals surface area contributed by atoms with Gasteiger partial charge >= 0.3 is 12.2 Å². The van der Waals surface area contributed by atoms with Gasteiger partial charge in [0.15, 0.2) is 0 Å². The smallest absolute Gasteiger partial charge is 0.410 e. The van der Waals surface area contributed by atoms with Crippen molar-refractivity contribution in [1.82, 2.24) is 19.6 Å². The number of amides is 4. The van der Waals surface area contributed by atoms with Crippen LogP contribution in [-0.4, -0.2) is 119 Å². The monoisotopic (exact) mass is 720 g/mol. The molecule has 0 spiro atoms. The predicted molar refractivity (Wildman–Crippen MR) is 186 cm³/mol. The molecule has 3 aromatic carbocycles. The van der Waals surface area contributed by atoms with E-state index in [1.54, 1.807) is 45.0 Å². The lowest BCUT2D eigenvalue weighted by Gasteiger charge is -2.35. The summed E-state index contributed by atoms with van der Waals surface area (Å²) >= 11 is 0. The standard InChI is InChI=1S/C38H42F2N4O8/c1-38(2,3)52-37(49)44-13-11-30(23-44)51-33-9-6-25(20-32(33)24-4-7-27(39)8-5-24)34(45)41-14-16-42(17-15-41)35(46)26-18-28(40)21-31(19-26)50-29-10-12-43(22-29)36(47)48/h4-9,18-21,29-30H,10-17,22-23H2,1-3H3,(H,47,48)/t29?,30-/m0/s1. The number of benzene rings is 3. The normalized spacial score (nSPS) is 19.1. The molecule has 0 saturated carbocycles. The predicted octanol–water partition coefficient (Wildman–Crippen LogP) is 5.75. The Morgan fingerprint density at radius 3 is 1.88 bits per heavy atom. The summed E-state index contributed by atoms with van der Waals surface area (Å²) in [5.41, 5.74) is 1.09. The Balaban J connectivity index is 1.11. The fourth-order valence-electron chi connectivity index (χ4n) is 6.54.